The molecule has 1 aliphatic rings. The molecule has 0 saturated heterocycles. The smallest absolute Gasteiger partial charge is 0.133 e. The summed E-state index contributed by atoms with van der Waals surface area (Å²) in [5, 5.41) is 3.34. The highest BCUT2D eigenvalue weighted by atomic mass is 79.9. The highest BCUT2D eigenvalue weighted by Crippen LogP contribution is 2.38. The van der Waals surface area contributed by atoms with Crippen LogP contribution in [-0.4, -0.2) is 9.97 Å². The number of nitrogens with zero attached hydrogens (tertiary/aromatic N) is 2. The third kappa shape index (κ3) is 2.70. The molecule has 0 spiro atoms. The first-order valence-corrected chi connectivity index (χ1v) is 6.92. The highest BCUT2D eigenvalue weighted by molar-refractivity contribution is 9.10. The van der Waals surface area contributed by atoms with Crippen molar-refractivity contribution in [2.24, 2.45) is 0 Å². The molecule has 1 aliphatic carbocycles. The van der Waals surface area contributed by atoms with Gasteiger partial charge in [-0.15, -0.1) is 0 Å². The number of hydrogen-bond acceptors (Lipinski definition) is 3. The SMILES string of the molecule is Brc1ccccc1CNc1ccnc(C2CC2)n1. The van der Waals surface area contributed by atoms with Crippen LogP contribution in [0.25, 0.3) is 0 Å². The molecule has 0 atom stereocenters. The van der Waals surface area contributed by atoms with Crippen molar-refractivity contribution in [1.82, 2.24) is 9.97 Å². The van der Waals surface area contributed by atoms with Crippen LogP contribution in [0, 0.1) is 0 Å². The molecule has 18 heavy (non-hydrogen) atoms. The first-order chi connectivity index (χ1) is 8.83. The summed E-state index contributed by atoms with van der Waals surface area (Å²) in [6.07, 6.45) is 4.30. The van der Waals surface area contributed by atoms with E-state index in [1.165, 1.54) is 18.4 Å². The van der Waals surface area contributed by atoms with Crippen LogP contribution in [0.4, 0.5) is 5.82 Å². The van der Waals surface area contributed by atoms with Crippen LogP contribution in [0.5, 0.6) is 0 Å². The van der Waals surface area contributed by atoms with Gasteiger partial charge in [-0.05, 0) is 30.5 Å². The van der Waals surface area contributed by atoms with Gasteiger partial charge in [0.1, 0.15) is 11.6 Å². The Bertz CT molecular complexity index is 552. The first-order valence-electron chi connectivity index (χ1n) is 6.13. The predicted molar refractivity (Wildman–Crippen MR) is 75.5 cm³/mol. The summed E-state index contributed by atoms with van der Waals surface area (Å²) in [5.41, 5.74) is 1.23. The molecule has 0 amide bonds. The third-order valence-electron chi connectivity index (χ3n) is 3.03. The van der Waals surface area contributed by atoms with Crippen molar-refractivity contribution in [2.45, 2.75) is 25.3 Å². The maximum atomic E-state index is 4.54. The van der Waals surface area contributed by atoms with Crippen molar-refractivity contribution in [3.63, 3.8) is 0 Å². The average Bonchev–Trinajstić information content (AvgIpc) is 3.23. The van der Waals surface area contributed by atoms with Crippen molar-refractivity contribution in [2.75, 3.05) is 5.32 Å². The zero-order valence-electron chi connectivity index (χ0n) is 9.94. The Morgan fingerprint density at radius 1 is 1.22 bits per heavy atom. The normalized spacial score (nSPS) is 14.5. The van der Waals surface area contributed by atoms with Crippen LogP contribution in [0.3, 0.4) is 0 Å². The Balaban J connectivity index is 1.69. The van der Waals surface area contributed by atoms with Crippen LogP contribution in [0.2, 0.25) is 0 Å². The minimum Gasteiger partial charge on any atom is -0.366 e. The minimum atomic E-state index is 0.593. The zero-order chi connectivity index (χ0) is 12.4. The summed E-state index contributed by atoms with van der Waals surface area (Å²) in [7, 11) is 0. The van der Waals surface area contributed by atoms with Gasteiger partial charge in [0, 0.05) is 23.1 Å². The first kappa shape index (κ1) is 11.7. The second-order valence-corrected chi connectivity index (χ2v) is 5.37. The molecule has 0 unspecified atom stereocenters. The monoisotopic (exact) mass is 303 g/mol. The van der Waals surface area contributed by atoms with Gasteiger partial charge in [-0.1, -0.05) is 34.1 Å². The van der Waals surface area contributed by atoms with Gasteiger partial charge in [0.05, 0.1) is 0 Å². The Hall–Kier alpha value is -1.42. The molecular weight excluding hydrogens is 290 g/mol. The third-order valence-corrected chi connectivity index (χ3v) is 3.81. The Morgan fingerprint density at radius 3 is 2.83 bits per heavy atom. The van der Waals surface area contributed by atoms with E-state index in [1.807, 2.05) is 30.5 Å². The van der Waals surface area contributed by atoms with E-state index in [1.54, 1.807) is 0 Å². The Labute approximate surface area is 115 Å². The number of rotatable bonds is 4. The average molecular weight is 304 g/mol. The van der Waals surface area contributed by atoms with Crippen molar-refractivity contribution in [1.29, 1.82) is 0 Å². The molecule has 0 aliphatic heterocycles. The van der Waals surface area contributed by atoms with Gasteiger partial charge in [-0.3, -0.25) is 0 Å². The van der Waals surface area contributed by atoms with E-state index >= 15 is 0 Å². The minimum absolute atomic E-state index is 0.593. The molecular formula is C14H14BrN3. The summed E-state index contributed by atoms with van der Waals surface area (Å²) < 4.78 is 1.12. The summed E-state index contributed by atoms with van der Waals surface area (Å²) in [5.74, 6) is 2.48. The van der Waals surface area contributed by atoms with Crippen molar-refractivity contribution in [3.8, 4) is 0 Å². The van der Waals surface area contributed by atoms with Gasteiger partial charge < -0.3 is 5.32 Å². The van der Waals surface area contributed by atoms with Gasteiger partial charge >= 0.3 is 0 Å². The van der Waals surface area contributed by atoms with Crippen molar-refractivity contribution < 1.29 is 0 Å². The lowest BCUT2D eigenvalue weighted by Gasteiger charge is -2.08. The van der Waals surface area contributed by atoms with Crippen LogP contribution >= 0.6 is 15.9 Å². The van der Waals surface area contributed by atoms with E-state index in [9.17, 15) is 0 Å². The number of anilines is 1. The Kier molecular flexibility index (Phi) is 3.28. The lowest BCUT2D eigenvalue weighted by atomic mass is 10.2. The quantitative estimate of drug-likeness (QED) is 0.935. The van der Waals surface area contributed by atoms with Crippen molar-refractivity contribution >= 4 is 21.7 Å². The summed E-state index contributed by atoms with van der Waals surface area (Å²) in [4.78, 5) is 8.86. The molecule has 1 fully saturated rings. The van der Waals surface area contributed by atoms with Crippen molar-refractivity contribution in [3.05, 3.63) is 52.4 Å². The summed E-state index contributed by atoms with van der Waals surface area (Å²) >= 11 is 3.54. The number of aromatic nitrogens is 2. The maximum absolute atomic E-state index is 4.54. The molecule has 2 aromatic rings. The molecule has 0 bridgehead atoms. The number of benzene rings is 1. The number of nitrogens with one attached hydrogen (secondary N) is 1. The van der Waals surface area contributed by atoms with E-state index in [0.717, 1.165) is 22.7 Å². The highest BCUT2D eigenvalue weighted by Gasteiger charge is 2.26. The topological polar surface area (TPSA) is 37.8 Å². The van der Waals surface area contributed by atoms with Crippen LogP contribution in [-0.2, 0) is 6.54 Å². The lowest BCUT2D eigenvalue weighted by Crippen LogP contribution is -2.04. The summed E-state index contributed by atoms with van der Waals surface area (Å²) in [6, 6.07) is 10.1. The van der Waals surface area contributed by atoms with E-state index in [-0.39, 0.29) is 0 Å². The van der Waals surface area contributed by atoms with Crippen LogP contribution in [0.1, 0.15) is 30.1 Å². The number of halogens is 1. The number of hydrogen-bond donors (Lipinski definition) is 1. The van der Waals surface area contributed by atoms with Gasteiger partial charge in [-0.2, -0.15) is 0 Å². The lowest BCUT2D eigenvalue weighted by molar-refractivity contribution is 0.920. The predicted octanol–water partition coefficient (Wildman–Crippen LogP) is 3.73. The standard InChI is InChI=1S/C14H14BrN3/c15-12-4-2-1-3-11(12)9-17-13-7-8-16-14(18-13)10-5-6-10/h1-4,7-8,10H,5-6,9H2,(H,16,17,18). The summed E-state index contributed by atoms with van der Waals surface area (Å²) in [6.45, 7) is 0.766. The zero-order valence-corrected chi connectivity index (χ0v) is 11.5. The molecule has 3 nitrogen and oxygen atoms in total. The molecule has 1 saturated carbocycles. The second kappa shape index (κ2) is 5.06. The fraction of sp³-hybridized carbons (Fsp3) is 0.286. The van der Waals surface area contributed by atoms with Gasteiger partial charge in [0.25, 0.3) is 0 Å². The van der Waals surface area contributed by atoms with Crippen LogP contribution < -0.4 is 5.32 Å². The molecule has 1 heterocycles. The van der Waals surface area contributed by atoms with E-state index in [2.05, 4.69) is 37.3 Å². The molecule has 1 aromatic carbocycles. The van der Waals surface area contributed by atoms with E-state index < -0.39 is 0 Å². The molecule has 4 heteroatoms. The molecule has 1 N–H and O–H groups in total. The second-order valence-electron chi connectivity index (χ2n) is 4.52. The molecule has 1 aromatic heterocycles. The fourth-order valence-corrected chi connectivity index (χ4v) is 2.26. The molecule has 92 valence electrons. The molecule has 3 rings (SSSR count). The van der Waals surface area contributed by atoms with Gasteiger partial charge in [0.15, 0.2) is 0 Å². The Morgan fingerprint density at radius 2 is 2.06 bits per heavy atom. The maximum Gasteiger partial charge on any atom is 0.133 e. The van der Waals surface area contributed by atoms with Crippen LogP contribution in [0.15, 0.2) is 41.0 Å². The largest absolute Gasteiger partial charge is 0.366 e. The van der Waals surface area contributed by atoms with E-state index in [0.29, 0.717) is 5.92 Å². The fourth-order valence-electron chi connectivity index (χ4n) is 1.84. The van der Waals surface area contributed by atoms with Gasteiger partial charge in [-0.25, -0.2) is 9.97 Å². The van der Waals surface area contributed by atoms with Gasteiger partial charge in [0.2, 0.25) is 0 Å². The van der Waals surface area contributed by atoms with E-state index in [4.69, 9.17) is 0 Å². The molecule has 0 radical (unpaired) electrons.